The first-order valence-corrected chi connectivity index (χ1v) is 6.89. The van der Waals surface area contributed by atoms with Crippen molar-refractivity contribution < 1.29 is 0 Å². The van der Waals surface area contributed by atoms with E-state index < -0.39 is 0 Å². The summed E-state index contributed by atoms with van der Waals surface area (Å²) in [7, 11) is 0. The van der Waals surface area contributed by atoms with Gasteiger partial charge in [-0.25, -0.2) is 5.01 Å². The van der Waals surface area contributed by atoms with E-state index in [2.05, 4.69) is 22.5 Å². The summed E-state index contributed by atoms with van der Waals surface area (Å²) >= 11 is 0. The Morgan fingerprint density at radius 3 is 2.45 bits per heavy atom. The largest absolute Gasteiger partial charge is 0.242 e. The van der Waals surface area contributed by atoms with Crippen molar-refractivity contribution in [2.45, 2.75) is 18.5 Å². The van der Waals surface area contributed by atoms with Crippen molar-refractivity contribution in [2.24, 2.45) is 34.0 Å². The van der Waals surface area contributed by atoms with E-state index in [0.717, 1.165) is 12.1 Å². The predicted molar refractivity (Wildman–Crippen MR) is 71.2 cm³/mol. The summed E-state index contributed by atoms with van der Waals surface area (Å²) in [5.41, 5.74) is 1.02. The van der Waals surface area contributed by atoms with Gasteiger partial charge in [-0.3, -0.25) is 0 Å². The summed E-state index contributed by atoms with van der Waals surface area (Å²) in [6, 6.07) is 14.8. The van der Waals surface area contributed by atoms with Gasteiger partial charge in [0.05, 0.1) is 41.7 Å². The number of nitriles is 2. The zero-order valence-electron chi connectivity index (χ0n) is 10.8. The number of hydrogen-bond acceptors (Lipinski definition) is 5. The number of nitrogens with zero attached hydrogens (tertiary/aromatic N) is 5. The van der Waals surface area contributed by atoms with Crippen molar-refractivity contribution in [3.8, 4) is 12.1 Å². The summed E-state index contributed by atoms with van der Waals surface area (Å²) in [5.74, 6) is 0.0360. The fourth-order valence-corrected chi connectivity index (χ4v) is 4.16. The molecule has 3 aliphatic rings. The quantitative estimate of drug-likeness (QED) is 0.781. The molecule has 2 fully saturated rings. The van der Waals surface area contributed by atoms with Crippen molar-refractivity contribution >= 4 is 5.69 Å². The average Bonchev–Trinajstić information content (AvgIpc) is 3.17. The lowest BCUT2D eigenvalue weighted by Gasteiger charge is -2.33. The molecule has 1 aromatic carbocycles. The normalized spacial score (nSPS) is 40.4. The molecule has 4 rings (SSSR count). The minimum Gasteiger partial charge on any atom is -0.242 e. The van der Waals surface area contributed by atoms with E-state index >= 15 is 0 Å². The molecule has 0 radical (unpaired) electrons. The first-order valence-electron chi connectivity index (χ1n) is 6.89. The fraction of sp³-hybridized carbons (Fsp3) is 0.467. The van der Waals surface area contributed by atoms with Crippen LogP contribution >= 0.6 is 0 Å². The van der Waals surface area contributed by atoms with Gasteiger partial charge in [-0.15, -0.1) is 0 Å². The van der Waals surface area contributed by atoms with Gasteiger partial charge in [-0.2, -0.15) is 15.6 Å². The molecule has 0 spiro atoms. The van der Waals surface area contributed by atoms with E-state index in [-0.39, 0.29) is 35.8 Å². The molecule has 6 unspecified atom stereocenters. The molecule has 0 saturated heterocycles. The van der Waals surface area contributed by atoms with E-state index in [1.54, 1.807) is 0 Å². The highest BCUT2D eigenvalue weighted by Gasteiger charge is 2.62. The average molecular weight is 263 g/mol. The molecule has 20 heavy (non-hydrogen) atoms. The maximum Gasteiger partial charge on any atom is 0.0998 e. The van der Waals surface area contributed by atoms with E-state index in [1.165, 1.54) is 0 Å². The van der Waals surface area contributed by atoms with Crippen LogP contribution in [0.25, 0.3) is 0 Å². The number of rotatable bonds is 1. The highest BCUT2D eigenvalue weighted by atomic mass is 15.6. The van der Waals surface area contributed by atoms with Crippen molar-refractivity contribution in [2.75, 3.05) is 5.01 Å². The van der Waals surface area contributed by atoms with Gasteiger partial charge >= 0.3 is 0 Å². The van der Waals surface area contributed by atoms with Gasteiger partial charge in [0.25, 0.3) is 0 Å². The Morgan fingerprint density at radius 1 is 1.05 bits per heavy atom. The molecule has 5 nitrogen and oxygen atoms in total. The van der Waals surface area contributed by atoms with Crippen molar-refractivity contribution in [1.29, 1.82) is 10.5 Å². The number of benzene rings is 1. The fourth-order valence-electron chi connectivity index (χ4n) is 4.16. The van der Waals surface area contributed by atoms with Crippen molar-refractivity contribution in [3.05, 3.63) is 30.3 Å². The van der Waals surface area contributed by atoms with E-state index in [0.29, 0.717) is 0 Å². The van der Waals surface area contributed by atoms with E-state index in [1.807, 2.05) is 35.3 Å². The lowest BCUT2D eigenvalue weighted by Crippen LogP contribution is -2.45. The molecule has 2 aliphatic carbocycles. The minimum atomic E-state index is -0.180. The van der Waals surface area contributed by atoms with Crippen LogP contribution in [0.5, 0.6) is 0 Å². The van der Waals surface area contributed by atoms with Crippen molar-refractivity contribution in [1.82, 2.24) is 0 Å². The van der Waals surface area contributed by atoms with Crippen LogP contribution in [0.4, 0.5) is 5.69 Å². The second-order valence-electron chi connectivity index (χ2n) is 5.74. The van der Waals surface area contributed by atoms with Crippen LogP contribution in [0, 0.1) is 46.3 Å². The maximum atomic E-state index is 9.39. The molecule has 98 valence electrons. The summed E-state index contributed by atoms with van der Waals surface area (Å²) in [5, 5.41) is 29.3. The van der Waals surface area contributed by atoms with Crippen LogP contribution in [0.1, 0.15) is 6.42 Å². The minimum absolute atomic E-state index is 0.0782. The predicted octanol–water partition coefficient (Wildman–Crippen LogP) is 2.54. The molecule has 1 aromatic rings. The Balaban J connectivity index is 1.70. The topological polar surface area (TPSA) is 75.5 Å². The van der Waals surface area contributed by atoms with E-state index in [4.69, 9.17) is 0 Å². The van der Waals surface area contributed by atoms with Gasteiger partial charge in [-0.05, 0) is 18.6 Å². The Kier molecular flexibility index (Phi) is 2.31. The summed E-state index contributed by atoms with van der Waals surface area (Å²) < 4.78 is 0. The molecule has 5 heteroatoms. The standard InChI is InChI=1S/C15H13N5/c16-7-12-10-6-11(13(12)8-17)15-14(10)18-19-20(15)9-4-2-1-3-5-9/h1-5,10-15H,6H2. The summed E-state index contributed by atoms with van der Waals surface area (Å²) in [4.78, 5) is 0. The molecular weight excluding hydrogens is 250 g/mol. The Labute approximate surface area is 117 Å². The molecule has 2 saturated carbocycles. The first kappa shape index (κ1) is 11.4. The molecule has 0 aromatic heterocycles. The van der Waals surface area contributed by atoms with Gasteiger partial charge < -0.3 is 0 Å². The van der Waals surface area contributed by atoms with Gasteiger partial charge in [-0.1, -0.05) is 23.4 Å². The monoisotopic (exact) mass is 263 g/mol. The van der Waals surface area contributed by atoms with Crippen LogP contribution < -0.4 is 5.01 Å². The molecule has 1 aliphatic heterocycles. The van der Waals surface area contributed by atoms with Crippen LogP contribution in [-0.4, -0.2) is 12.1 Å². The van der Waals surface area contributed by atoms with Gasteiger partial charge in [0.15, 0.2) is 0 Å². The van der Waals surface area contributed by atoms with Crippen LogP contribution in [0.2, 0.25) is 0 Å². The van der Waals surface area contributed by atoms with Crippen LogP contribution in [-0.2, 0) is 0 Å². The number of fused-ring (bicyclic) bond motifs is 5. The van der Waals surface area contributed by atoms with E-state index in [9.17, 15) is 10.5 Å². The molecular formula is C15H13N5. The third-order valence-corrected chi connectivity index (χ3v) is 4.96. The Bertz CT molecular complexity index is 640. The SMILES string of the molecule is N#CC1C(C#N)C2CC1C1N=NN(c3ccccc3)C21. The Hall–Kier alpha value is -2.40. The summed E-state index contributed by atoms with van der Waals surface area (Å²) in [6.07, 6.45) is 0.925. The highest BCUT2D eigenvalue weighted by Crippen LogP contribution is 2.56. The second kappa shape index (κ2) is 4.05. The maximum absolute atomic E-state index is 9.39. The van der Waals surface area contributed by atoms with Gasteiger partial charge in [0, 0.05) is 11.8 Å². The van der Waals surface area contributed by atoms with Crippen LogP contribution in [0.15, 0.2) is 40.7 Å². The third kappa shape index (κ3) is 1.30. The van der Waals surface area contributed by atoms with Crippen molar-refractivity contribution in [3.63, 3.8) is 0 Å². The zero-order chi connectivity index (χ0) is 13.7. The number of para-hydroxylation sites is 1. The highest BCUT2D eigenvalue weighted by molar-refractivity contribution is 5.48. The number of anilines is 1. The zero-order valence-corrected chi connectivity index (χ0v) is 10.8. The third-order valence-electron chi connectivity index (χ3n) is 4.96. The lowest BCUT2D eigenvalue weighted by molar-refractivity contribution is 0.275. The van der Waals surface area contributed by atoms with Crippen LogP contribution in [0.3, 0.4) is 0 Å². The molecule has 6 atom stereocenters. The molecule has 2 bridgehead atoms. The Morgan fingerprint density at radius 2 is 1.75 bits per heavy atom. The molecule has 0 N–H and O–H groups in total. The lowest BCUT2D eigenvalue weighted by atomic mass is 9.76. The second-order valence-corrected chi connectivity index (χ2v) is 5.74. The van der Waals surface area contributed by atoms with Gasteiger partial charge in [0.2, 0.25) is 0 Å². The first-order chi connectivity index (χ1) is 9.85. The summed E-state index contributed by atoms with van der Waals surface area (Å²) in [6.45, 7) is 0. The number of hydrogen-bond donors (Lipinski definition) is 0. The molecule has 1 heterocycles. The van der Waals surface area contributed by atoms with Gasteiger partial charge in [0.1, 0.15) is 0 Å². The smallest absolute Gasteiger partial charge is 0.0998 e. The molecule has 0 amide bonds.